The number of anilines is 1. The van der Waals surface area contributed by atoms with Crippen molar-refractivity contribution in [2.24, 2.45) is 0 Å². The van der Waals surface area contributed by atoms with E-state index in [1.807, 2.05) is 22.6 Å². The van der Waals surface area contributed by atoms with Gasteiger partial charge in [0.15, 0.2) is 0 Å². The molecule has 19 heavy (non-hydrogen) atoms. The first-order chi connectivity index (χ1) is 8.97. The predicted octanol–water partition coefficient (Wildman–Crippen LogP) is 4.15. The molecule has 2 aromatic rings. The molecule has 0 fully saturated rings. The van der Waals surface area contributed by atoms with Gasteiger partial charge in [0.2, 0.25) is 0 Å². The molecule has 3 nitrogen and oxygen atoms in total. The third-order valence-electron chi connectivity index (χ3n) is 2.48. The van der Waals surface area contributed by atoms with Crippen molar-refractivity contribution in [1.29, 1.82) is 0 Å². The van der Waals surface area contributed by atoms with E-state index < -0.39 is 0 Å². The van der Waals surface area contributed by atoms with Crippen LogP contribution in [0.15, 0.2) is 34.9 Å². The molecule has 98 valence electrons. The van der Waals surface area contributed by atoms with Crippen molar-refractivity contribution in [2.75, 3.05) is 5.32 Å². The van der Waals surface area contributed by atoms with Crippen molar-refractivity contribution in [3.8, 4) is 0 Å². The molecule has 0 radical (unpaired) electrons. The molecule has 1 amide bonds. The Kier molecular flexibility index (Phi) is 4.51. The molecule has 6 heteroatoms. The number of nitrogens with zero attached hydrogens (tertiary/aromatic N) is 1. The first-order valence-corrected chi connectivity index (χ1v) is 7.24. The summed E-state index contributed by atoms with van der Waals surface area (Å²) in [6.45, 7) is 1.80. The number of hydrogen-bond acceptors (Lipinski definition) is 2. The van der Waals surface area contributed by atoms with Gasteiger partial charge in [-0.2, -0.15) is 0 Å². The maximum Gasteiger partial charge on any atom is 0.256 e. The summed E-state index contributed by atoms with van der Waals surface area (Å²) in [4.78, 5) is 16.3. The third kappa shape index (κ3) is 3.50. The second-order valence-corrected chi connectivity index (χ2v) is 5.82. The van der Waals surface area contributed by atoms with E-state index in [1.165, 1.54) is 18.2 Å². The fourth-order valence-electron chi connectivity index (χ4n) is 1.53. The van der Waals surface area contributed by atoms with Crippen LogP contribution in [0.4, 0.5) is 10.1 Å². The first-order valence-electron chi connectivity index (χ1n) is 5.37. The number of aromatic nitrogens is 1. The Hall–Kier alpha value is -1.02. The maximum atomic E-state index is 13.0. The highest BCUT2D eigenvalue weighted by molar-refractivity contribution is 14.1. The van der Waals surface area contributed by atoms with Crippen LogP contribution in [0.25, 0.3) is 0 Å². The summed E-state index contributed by atoms with van der Waals surface area (Å²) in [6, 6.07) is 7.57. The molecule has 0 saturated carbocycles. The molecule has 1 aromatic carbocycles. The molecular formula is C13H9BrFIN2O. The average Bonchev–Trinajstić information content (AvgIpc) is 2.32. The zero-order chi connectivity index (χ0) is 14.0. The van der Waals surface area contributed by atoms with Crippen molar-refractivity contribution < 1.29 is 9.18 Å². The van der Waals surface area contributed by atoms with Gasteiger partial charge in [-0.1, -0.05) is 0 Å². The highest BCUT2D eigenvalue weighted by Gasteiger charge is 2.12. The van der Waals surface area contributed by atoms with Gasteiger partial charge in [-0.3, -0.25) is 4.79 Å². The first kappa shape index (κ1) is 14.4. The van der Waals surface area contributed by atoms with Crippen LogP contribution in [0, 0.1) is 16.3 Å². The summed E-state index contributed by atoms with van der Waals surface area (Å²) in [5.74, 6) is -0.640. The third-order valence-corrected chi connectivity index (χ3v) is 3.81. The molecule has 0 saturated heterocycles. The van der Waals surface area contributed by atoms with Crippen LogP contribution in [-0.4, -0.2) is 10.9 Å². The largest absolute Gasteiger partial charge is 0.320 e. The topological polar surface area (TPSA) is 42.0 Å². The van der Waals surface area contributed by atoms with E-state index in [0.717, 1.165) is 0 Å². The van der Waals surface area contributed by atoms with E-state index in [9.17, 15) is 9.18 Å². The molecule has 1 aromatic heterocycles. The molecule has 0 bridgehead atoms. The Bertz CT molecular complexity index is 649. The lowest BCUT2D eigenvalue weighted by Gasteiger charge is -2.09. The molecule has 0 spiro atoms. The van der Waals surface area contributed by atoms with Crippen molar-refractivity contribution in [3.63, 3.8) is 0 Å². The lowest BCUT2D eigenvalue weighted by molar-refractivity contribution is 0.102. The van der Waals surface area contributed by atoms with Gasteiger partial charge in [-0.05, 0) is 75.8 Å². The fourth-order valence-corrected chi connectivity index (χ4v) is 2.65. The average molecular weight is 435 g/mol. The Labute approximate surface area is 131 Å². The predicted molar refractivity (Wildman–Crippen MR) is 83.7 cm³/mol. The van der Waals surface area contributed by atoms with Crippen molar-refractivity contribution in [3.05, 3.63) is 55.6 Å². The Balaban J connectivity index is 2.25. The number of benzene rings is 1. The van der Waals surface area contributed by atoms with E-state index in [1.54, 1.807) is 19.1 Å². The number of amides is 1. The summed E-state index contributed by atoms with van der Waals surface area (Å²) in [6.07, 6.45) is 0. The van der Waals surface area contributed by atoms with Crippen molar-refractivity contribution >= 4 is 50.1 Å². The molecule has 1 N–H and O–H groups in total. The van der Waals surface area contributed by atoms with Gasteiger partial charge >= 0.3 is 0 Å². The van der Waals surface area contributed by atoms with Crippen LogP contribution in [0.5, 0.6) is 0 Å². The lowest BCUT2D eigenvalue weighted by Crippen LogP contribution is -2.14. The second kappa shape index (κ2) is 5.96. The fraction of sp³-hybridized carbons (Fsp3) is 0.0769. The van der Waals surface area contributed by atoms with Crippen LogP contribution >= 0.6 is 38.5 Å². The second-order valence-electron chi connectivity index (χ2n) is 3.85. The summed E-state index contributed by atoms with van der Waals surface area (Å²) >= 11 is 5.19. The van der Waals surface area contributed by atoms with Crippen LogP contribution < -0.4 is 5.32 Å². The molecule has 0 unspecified atom stereocenters. The minimum Gasteiger partial charge on any atom is -0.320 e. The van der Waals surface area contributed by atoms with Crippen LogP contribution in [0.1, 0.15) is 16.1 Å². The van der Waals surface area contributed by atoms with E-state index in [2.05, 4.69) is 26.2 Å². The van der Waals surface area contributed by atoms with Crippen LogP contribution in [0.2, 0.25) is 0 Å². The monoisotopic (exact) mass is 434 g/mol. The van der Waals surface area contributed by atoms with Gasteiger partial charge in [0.05, 0.1) is 16.9 Å². The minimum atomic E-state index is -0.359. The molecule has 1 heterocycles. The maximum absolute atomic E-state index is 13.0. The molecule has 0 aliphatic rings. The van der Waals surface area contributed by atoms with Gasteiger partial charge in [0, 0.05) is 3.57 Å². The molecule has 2 rings (SSSR count). The van der Waals surface area contributed by atoms with Crippen molar-refractivity contribution in [1.82, 2.24) is 4.98 Å². The number of hydrogen-bond donors (Lipinski definition) is 1. The van der Waals surface area contributed by atoms with Crippen LogP contribution in [-0.2, 0) is 0 Å². The van der Waals surface area contributed by atoms with Gasteiger partial charge < -0.3 is 5.32 Å². The van der Waals surface area contributed by atoms with E-state index in [0.29, 0.717) is 25.1 Å². The van der Waals surface area contributed by atoms with Gasteiger partial charge in [-0.25, -0.2) is 9.37 Å². The number of carbonyl (C=O) groups excluding carboxylic acids is 1. The zero-order valence-corrected chi connectivity index (χ0v) is 13.6. The number of halogens is 3. The smallest absolute Gasteiger partial charge is 0.256 e. The van der Waals surface area contributed by atoms with Crippen molar-refractivity contribution in [2.45, 2.75) is 6.92 Å². The van der Waals surface area contributed by atoms with Gasteiger partial charge in [0.25, 0.3) is 5.91 Å². The summed E-state index contributed by atoms with van der Waals surface area (Å²) in [5, 5.41) is 2.76. The number of pyridine rings is 1. The SMILES string of the molecule is Cc1nc(Br)ccc1NC(=O)c1ccc(F)cc1I. The lowest BCUT2D eigenvalue weighted by atomic mass is 10.2. The minimum absolute atomic E-state index is 0.281. The highest BCUT2D eigenvalue weighted by atomic mass is 127. The van der Waals surface area contributed by atoms with Gasteiger partial charge in [0.1, 0.15) is 10.4 Å². The van der Waals surface area contributed by atoms with E-state index in [-0.39, 0.29) is 11.7 Å². The number of carbonyl (C=O) groups is 1. The summed E-state index contributed by atoms with van der Waals surface area (Å²) in [5.41, 5.74) is 1.78. The Morgan fingerprint density at radius 3 is 2.74 bits per heavy atom. The Morgan fingerprint density at radius 2 is 2.11 bits per heavy atom. The highest BCUT2D eigenvalue weighted by Crippen LogP contribution is 2.19. The number of nitrogens with one attached hydrogen (secondary N) is 1. The number of aryl methyl sites for hydroxylation is 1. The molecule has 0 atom stereocenters. The normalized spacial score (nSPS) is 10.3. The van der Waals surface area contributed by atoms with E-state index >= 15 is 0 Å². The standard InChI is InChI=1S/C13H9BrFIN2O/c1-7-11(4-5-12(14)17-7)18-13(19)9-3-2-8(15)6-10(9)16/h2-6H,1H3,(H,18,19). The van der Waals surface area contributed by atoms with Gasteiger partial charge in [-0.15, -0.1) is 0 Å². The quantitative estimate of drug-likeness (QED) is 0.570. The molecule has 0 aliphatic carbocycles. The van der Waals surface area contributed by atoms with E-state index in [4.69, 9.17) is 0 Å². The Morgan fingerprint density at radius 1 is 1.37 bits per heavy atom. The number of rotatable bonds is 2. The zero-order valence-electron chi connectivity index (χ0n) is 9.88. The summed E-state index contributed by atoms with van der Waals surface area (Å²) < 4.78 is 14.3. The molecule has 0 aliphatic heterocycles. The van der Waals surface area contributed by atoms with Crippen LogP contribution in [0.3, 0.4) is 0 Å². The summed E-state index contributed by atoms with van der Waals surface area (Å²) in [7, 11) is 0. The molecular weight excluding hydrogens is 426 g/mol.